The number of hydrogen-bond donors (Lipinski definition) is 1. The molecule has 1 heterocycles. The van der Waals surface area contributed by atoms with Crippen LogP contribution >= 0.6 is 0 Å². The first-order chi connectivity index (χ1) is 12.5. The molecule has 0 fully saturated rings. The molecule has 1 aromatic heterocycles. The molecular formula is C21H20N2O3. The lowest BCUT2D eigenvalue weighted by atomic mass is 10.1. The summed E-state index contributed by atoms with van der Waals surface area (Å²) in [6, 6.07) is 14.7. The zero-order valence-electron chi connectivity index (χ0n) is 14.9. The summed E-state index contributed by atoms with van der Waals surface area (Å²) < 4.78 is 5.36. The summed E-state index contributed by atoms with van der Waals surface area (Å²) in [5.41, 5.74) is 3.60. The van der Waals surface area contributed by atoms with Gasteiger partial charge in [0.25, 0.3) is 5.91 Å². The molecule has 0 spiro atoms. The third-order valence-electron chi connectivity index (χ3n) is 4.16. The molecule has 0 saturated carbocycles. The minimum absolute atomic E-state index is 0.342. The van der Waals surface area contributed by atoms with Crippen molar-refractivity contribution >= 4 is 28.5 Å². The van der Waals surface area contributed by atoms with Crippen LogP contribution in [0.5, 0.6) is 0 Å². The van der Waals surface area contributed by atoms with E-state index in [1.807, 2.05) is 44.2 Å². The number of nitrogens with one attached hydrogen (secondary N) is 1. The number of aromatic nitrogens is 1. The Morgan fingerprint density at radius 1 is 1.08 bits per heavy atom. The molecule has 0 saturated heterocycles. The number of rotatable bonds is 4. The molecule has 0 bridgehead atoms. The zero-order chi connectivity index (χ0) is 18.7. The van der Waals surface area contributed by atoms with Crippen molar-refractivity contribution < 1.29 is 14.3 Å². The van der Waals surface area contributed by atoms with Crippen LogP contribution in [0.2, 0.25) is 0 Å². The van der Waals surface area contributed by atoms with Gasteiger partial charge in [-0.15, -0.1) is 0 Å². The first kappa shape index (κ1) is 17.6. The molecule has 5 heteroatoms. The predicted octanol–water partition coefficient (Wildman–Crippen LogP) is 4.04. The number of ether oxygens (including phenoxy) is 1. The van der Waals surface area contributed by atoms with Crippen molar-refractivity contribution in [3.8, 4) is 0 Å². The molecular weight excluding hydrogens is 328 g/mol. The monoisotopic (exact) mass is 348 g/mol. The summed E-state index contributed by atoms with van der Waals surface area (Å²) in [4.78, 5) is 29.1. The number of esters is 1. The van der Waals surface area contributed by atoms with E-state index in [4.69, 9.17) is 4.74 Å². The van der Waals surface area contributed by atoms with Gasteiger partial charge in [0, 0.05) is 17.3 Å². The van der Waals surface area contributed by atoms with Crippen LogP contribution in [-0.2, 0) is 9.53 Å². The van der Waals surface area contributed by atoms with E-state index in [9.17, 15) is 9.59 Å². The number of hydrogen-bond acceptors (Lipinski definition) is 4. The van der Waals surface area contributed by atoms with Crippen molar-refractivity contribution in [2.24, 2.45) is 0 Å². The Bertz CT molecular complexity index is 977. The van der Waals surface area contributed by atoms with Gasteiger partial charge in [0.15, 0.2) is 6.10 Å². The number of aryl methyl sites for hydroxylation is 2. The zero-order valence-corrected chi connectivity index (χ0v) is 14.9. The second-order valence-corrected chi connectivity index (χ2v) is 6.24. The van der Waals surface area contributed by atoms with Crippen LogP contribution in [-0.4, -0.2) is 23.0 Å². The van der Waals surface area contributed by atoms with E-state index in [1.165, 1.54) is 0 Å². The van der Waals surface area contributed by atoms with Gasteiger partial charge in [-0.1, -0.05) is 30.3 Å². The molecule has 0 aliphatic rings. The highest BCUT2D eigenvalue weighted by atomic mass is 16.5. The number of carbonyl (C=O) groups excluding carboxylic acids is 2. The summed E-state index contributed by atoms with van der Waals surface area (Å²) in [7, 11) is 0. The minimum atomic E-state index is -0.929. The molecule has 0 aliphatic carbocycles. The Morgan fingerprint density at radius 3 is 2.65 bits per heavy atom. The molecule has 3 rings (SSSR count). The van der Waals surface area contributed by atoms with Crippen molar-refractivity contribution in [3.05, 3.63) is 71.4 Å². The third-order valence-corrected chi connectivity index (χ3v) is 4.16. The van der Waals surface area contributed by atoms with Gasteiger partial charge in [0.2, 0.25) is 0 Å². The number of nitrogens with zero attached hydrogens (tertiary/aromatic N) is 1. The van der Waals surface area contributed by atoms with E-state index in [1.54, 1.807) is 31.3 Å². The molecule has 132 valence electrons. The van der Waals surface area contributed by atoms with Crippen LogP contribution in [0.4, 0.5) is 5.69 Å². The molecule has 3 aromatic rings. The summed E-state index contributed by atoms with van der Waals surface area (Å²) >= 11 is 0. The quantitative estimate of drug-likeness (QED) is 0.723. The van der Waals surface area contributed by atoms with Crippen molar-refractivity contribution in [1.29, 1.82) is 0 Å². The van der Waals surface area contributed by atoms with Gasteiger partial charge in [-0.25, -0.2) is 4.79 Å². The van der Waals surface area contributed by atoms with E-state index < -0.39 is 12.1 Å². The van der Waals surface area contributed by atoms with Crippen LogP contribution in [0.15, 0.2) is 54.7 Å². The van der Waals surface area contributed by atoms with Gasteiger partial charge in [0.1, 0.15) is 0 Å². The van der Waals surface area contributed by atoms with Crippen LogP contribution in [0.1, 0.15) is 28.4 Å². The number of anilines is 1. The highest BCUT2D eigenvalue weighted by Gasteiger charge is 2.21. The van der Waals surface area contributed by atoms with Crippen LogP contribution in [0.3, 0.4) is 0 Å². The predicted molar refractivity (Wildman–Crippen MR) is 101 cm³/mol. The largest absolute Gasteiger partial charge is 0.449 e. The highest BCUT2D eigenvalue weighted by molar-refractivity contribution is 6.04. The van der Waals surface area contributed by atoms with Gasteiger partial charge < -0.3 is 10.1 Å². The maximum Gasteiger partial charge on any atom is 0.341 e. The average Bonchev–Trinajstić information content (AvgIpc) is 2.64. The number of para-hydroxylation sites is 1. The fraction of sp³-hybridized carbons (Fsp3) is 0.190. The molecule has 1 atom stereocenters. The SMILES string of the molecule is Cc1ccc(C)c(NC(=O)[C@H](C)OC(=O)c2cccc3cccnc23)c1. The lowest BCUT2D eigenvalue weighted by Gasteiger charge is -2.15. The first-order valence-electron chi connectivity index (χ1n) is 8.38. The van der Waals surface area contributed by atoms with Crippen molar-refractivity contribution in [1.82, 2.24) is 4.98 Å². The first-order valence-corrected chi connectivity index (χ1v) is 8.38. The average molecular weight is 348 g/mol. The van der Waals surface area contributed by atoms with E-state index in [0.717, 1.165) is 16.5 Å². The number of carbonyl (C=O) groups is 2. The standard InChI is InChI=1S/C21H20N2O3/c1-13-9-10-14(2)18(12-13)23-20(24)15(3)26-21(25)17-8-4-6-16-7-5-11-22-19(16)17/h4-12,15H,1-3H3,(H,23,24)/t15-/m0/s1. The van der Waals surface area contributed by atoms with E-state index in [2.05, 4.69) is 10.3 Å². The Hall–Kier alpha value is -3.21. The van der Waals surface area contributed by atoms with E-state index in [0.29, 0.717) is 16.8 Å². The van der Waals surface area contributed by atoms with Gasteiger partial charge in [-0.3, -0.25) is 9.78 Å². The molecule has 0 unspecified atom stereocenters. The Labute approximate surface area is 152 Å². The number of amides is 1. The molecule has 2 aromatic carbocycles. The highest BCUT2D eigenvalue weighted by Crippen LogP contribution is 2.19. The van der Waals surface area contributed by atoms with Crippen LogP contribution in [0, 0.1) is 13.8 Å². The van der Waals surface area contributed by atoms with E-state index in [-0.39, 0.29) is 5.91 Å². The van der Waals surface area contributed by atoms with Crippen molar-refractivity contribution in [3.63, 3.8) is 0 Å². The lowest BCUT2D eigenvalue weighted by Crippen LogP contribution is -2.30. The number of benzene rings is 2. The summed E-state index contributed by atoms with van der Waals surface area (Å²) in [5, 5.41) is 3.66. The maximum atomic E-state index is 12.5. The fourth-order valence-corrected chi connectivity index (χ4v) is 2.65. The molecule has 5 nitrogen and oxygen atoms in total. The molecule has 1 N–H and O–H groups in total. The lowest BCUT2D eigenvalue weighted by molar-refractivity contribution is -0.123. The maximum absolute atomic E-state index is 12.5. The molecule has 0 aliphatic heterocycles. The molecule has 0 radical (unpaired) electrons. The van der Waals surface area contributed by atoms with Gasteiger partial charge >= 0.3 is 5.97 Å². The molecule has 1 amide bonds. The topological polar surface area (TPSA) is 68.3 Å². The van der Waals surface area contributed by atoms with Gasteiger partial charge in [-0.2, -0.15) is 0 Å². The van der Waals surface area contributed by atoms with Gasteiger partial charge in [0.05, 0.1) is 11.1 Å². The summed E-state index contributed by atoms with van der Waals surface area (Å²) in [6.07, 6.45) is 0.692. The Balaban J connectivity index is 1.74. The third kappa shape index (κ3) is 3.72. The Kier molecular flexibility index (Phi) is 4.98. The normalized spacial score (nSPS) is 11.8. The summed E-state index contributed by atoms with van der Waals surface area (Å²) in [6.45, 7) is 5.41. The second kappa shape index (κ2) is 7.35. The van der Waals surface area contributed by atoms with Crippen molar-refractivity contribution in [2.75, 3.05) is 5.32 Å². The van der Waals surface area contributed by atoms with E-state index >= 15 is 0 Å². The Morgan fingerprint density at radius 2 is 1.85 bits per heavy atom. The number of fused-ring (bicyclic) bond motifs is 1. The molecule has 26 heavy (non-hydrogen) atoms. The second-order valence-electron chi connectivity index (χ2n) is 6.24. The van der Waals surface area contributed by atoms with Crippen LogP contribution in [0.25, 0.3) is 10.9 Å². The minimum Gasteiger partial charge on any atom is -0.449 e. The number of pyridine rings is 1. The van der Waals surface area contributed by atoms with Crippen molar-refractivity contribution in [2.45, 2.75) is 26.9 Å². The smallest absolute Gasteiger partial charge is 0.341 e. The fourth-order valence-electron chi connectivity index (χ4n) is 2.65. The van der Waals surface area contributed by atoms with Crippen LogP contribution < -0.4 is 5.32 Å². The van der Waals surface area contributed by atoms with Gasteiger partial charge in [-0.05, 0) is 50.1 Å². The summed E-state index contributed by atoms with van der Waals surface area (Å²) in [5.74, 6) is -0.946.